The fourth-order valence-corrected chi connectivity index (χ4v) is 3.56. The third-order valence-electron chi connectivity index (χ3n) is 4.50. The summed E-state index contributed by atoms with van der Waals surface area (Å²) < 4.78 is 8.21. The van der Waals surface area contributed by atoms with Gasteiger partial charge in [-0.2, -0.15) is 0 Å². The fourth-order valence-electron chi connectivity index (χ4n) is 3.37. The first kappa shape index (κ1) is 15.5. The Morgan fingerprint density at radius 1 is 1.25 bits per heavy atom. The van der Waals surface area contributed by atoms with Crippen molar-refractivity contribution in [3.63, 3.8) is 0 Å². The van der Waals surface area contributed by atoms with Gasteiger partial charge in [0.15, 0.2) is 0 Å². The number of aryl methyl sites for hydroxylation is 1. The van der Waals surface area contributed by atoms with E-state index in [4.69, 9.17) is 21.3 Å². The normalized spacial score (nSPS) is 18.2. The van der Waals surface area contributed by atoms with Gasteiger partial charge in [-0.25, -0.2) is 4.98 Å². The molecule has 0 fully saturated rings. The Hall–Kier alpha value is -2.04. The number of nitrogens with zero attached hydrogens (tertiary/aromatic N) is 3. The van der Waals surface area contributed by atoms with Crippen LogP contribution < -0.4 is 4.74 Å². The zero-order valence-electron chi connectivity index (χ0n) is 13.9. The number of ether oxygens (including phenoxy) is 1. The molecule has 0 saturated carbocycles. The van der Waals surface area contributed by atoms with E-state index in [0.717, 1.165) is 52.8 Å². The summed E-state index contributed by atoms with van der Waals surface area (Å²) >= 11 is 6.16. The van der Waals surface area contributed by atoms with Crippen LogP contribution in [0.15, 0.2) is 42.5 Å². The van der Waals surface area contributed by atoms with Gasteiger partial charge in [-0.15, -0.1) is 0 Å². The van der Waals surface area contributed by atoms with E-state index >= 15 is 0 Å². The van der Waals surface area contributed by atoms with Crippen LogP contribution in [0.3, 0.4) is 0 Å². The first-order valence-corrected chi connectivity index (χ1v) is 8.56. The van der Waals surface area contributed by atoms with E-state index in [1.807, 2.05) is 30.3 Å². The highest BCUT2D eigenvalue weighted by Crippen LogP contribution is 2.28. The van der Waals surface area contributed by atoms with Crippen LogP contribution in [0.5, 0.6) is 5.75 Å². The highest BCUT2D eigenvalue weighted by molar-refractivity contribution is 6.30. The second-order valence-corrected chi connectivity index (χ2v) is 6.86. The van der Waals surface area contributed by atoms with Crippen molar-refractivity contribution in [2.75, 3.05) is 6.54 Å². The van der Waals surface area contributed by atoms with E-state index in [-0.39, 0.29) is 6.10 Å². The molecule has 124 valence electrons. The molecule has 3 aromatic rings. The van der Waals surface area contributed by atoms with Gasteiger partial charge in [-0.3, -0.25) is 4.90 Å². The van der Waals surface area contributed by atoms with Crippen molar-refractivity contribution < 1.29 is 4.74 Å². The van der Waals surface area contributed by atoms with Crippen molar-refractivity contribution in [2.45, 2.75) is 26.1 Å². The molecule has 0 N–H and O–H groups in total. The molecule has 0 aliphatic carbocycles. The molecule has 1 aliphatic rings. The monoisotopic (exact) mass is 341 g/mol. The fraction of sp³-hybridized carbons (Fsp3) is 0.316. The quantitative estimate of drug-likeness (QED) is 0.705. The largest absolute Gasteiger partial charge is 0.489 e. The molecule has 24 heavy (non-hydrogen) atoms. The van der Waals surface area contributed by atoms with Gasteiger partial charge in [0, 0.05) is 30.7 Å². The standard InChI is InChI=1S/C19H20ClN3O/c1-13-10-23(11-14-9-15(20)7-8-18(14)24-13)12-19-21-16-5-3-4-6-17(16)22(19)2/h3-9,13H,10-12H2,1-2H3. The summed E-state index contributed by atoms with van der Waals surface area (Å²) in [7, 11) is 2.08. The van der Waals surface area contributed by atoms with Gasteiger partial charge in [-0.1, -0.05) is 23.7 Å². The Morgan fingerprint density at radius 3 is 2.92 bits per heavy atom. The molecular weight excluding hydrogens is 322 g/mol. The molecule has 0 radical (unpaired) electrons. The van der Waals surface area contributed by atoms with Crippen LogP contribution in [-0.2, 0) is 20.1 Å². The average Bonchev–Trinajstić information content (AvgIpc) is 2.77. The summed E-state index contributed by atoms with van der Waals surface area (Å²) in [5.74, 6) is 1.99. The summed E-state index contributed by atoms with van der Waals surface area (Å²) in [5.41, 5.74) is 3.33. The van der Waals surface area contributed by atoms with Gasteiger partial charge in [0.25, 0.3) is 0 Å². The predicted molar refractivity (Wildman–Crippen MR) is 96.4 cm³/mol. The van der Waals surface area contributed by atoms with Gasteiger partial charge in [0.1, 0.15) is 17.7 Å². The van der Waals surface area contributed by atoms with Crippen LogP contribution in [0.4, 0.5) is 0 Å². The van der Waals surface area contributed by atoms with Crippen molar-refractivity contribution in [3.05, 3.63) is 58.9 Å². The SMILES string of the molecule is CC1CN(Cc2nc3ccccc3n2C)Cc2cc(Cl)ccc2O1. The number of benzene rings is 2. The molecular formula is C19H20ClN3O. The first-order chi connectivity index (χ1) is 11.6. The second kappa shape index (κ2) is 6.11. The Kier molecular flexibility index (Phi) is 3.94. The molecule has 5 heteroatoms. The van der Waals surface area contributed by atoms with E-state index < -0.39 is 0 Å². The molecule has 4 rings (SSSR count). The molecule has 1 aromatic heterocycles. The number of rotatable bonds is 2. The molecule has 1 aliphatic heterocycles. The number of halogens is 1. The van der Waals surface area contributed by atoms with Crippen molar-refractivity contribution in [1.82, 2.24) is 14.5 Å². The second-order valence-electron chi connectivity index (χ2n) is 6.43. The van der Waals surface area contributed by atoms with Gasteiger partial charge < -0.3 is 9.30 Å². The third-order valence-corrected chi connectivity index (χ3v) is 4.74. The van der Waals surface area contributed by atoms with Crippen LogP contribution in [0.2, 0.25) is 5.02 Å². The van der Waals surface area contributed by atoms with Crippen molar-refractivity contribution in [1.29, 1.82) is 0 Å². The smallest absolute Gasteiger partial charge is 0.124 e. The summed E-state index contributed by atoms with van der Waals surface area (Å²) in [6.07, 6.45) is 0.127. The van der Waals surface area contributed by atoms with Gasteiger partial charge in [0.05, 0.1) is 17.6 Å². The molecule has 0 saturated heterocycles. The summed E-state index contributed by atoms with van der Waals surface area (Å²) in [4.78, 5) is 7.16. The van der Waals surface area contributed by atoms with Crippen LogP contribution in [0.25, 0.3) is 11.0 Å². The van der Waals surface area contributed by atoms with E-state index in [0.29, 0.717) is 0 Å². The van der Waals surface area contributed by atoms with Crippen LogP contribution >= 0.6 is 11.6 Å². The molecule has 0 spiro atoms. The maximum atomic E-state index is 6.16. The lowest BCUT2D eigenvalue weighted by Crippen LogP contribution is -2.31. The lowest BCUT2D eigenvalue weighted by Gasteiger charge is -2.21. The number of imidazole rings is 1. The minimum Gasteiger partial charge on any atom is -0.489 e. The highest BCUT2D eigenvalue weighted by Gasteiger charge is 2.22. The predicted octanol–water partition coefficient (Wildman–Crippen LogP) is 4.01. The van der Waals surface area contributed by atoms with E-state index in [1.54, 1.807) is 0 Å². The summed E-state index contributed by atoms with van der Waals surface area (Å²) in [5, 5.41) is 0.745. The molecule has 0 amide bonds. The molecule has 1 unspecified atom stereocenters. The summed E-state index contributed by atoms with van der Waals surface area (Å²) in [6.45, 7) is 4.55. The lowest BCUT2D eigenvalue weighted by atomic mass is 10.2. The number of fused-ring (bicyclic) bond motifs is 2. The Bertz CT molecular complexity index is 889. The average molecular weight is 342 g/mol. The number of aromatic nitrogens is 2. The maximum absolute atomic E-state index is 6.16. The third kappa shape index (κ3) is 2.87. The first-order valence-electron chi connectivity index (χ1n) is 8.18. The lowest BCUT2D eigenvalue weighted by molar-refractivity contribution is 0.153. The summed E-state index contributed by atoms with van der Waals surface area (Å²) in [6, 6.07) is 14.1. The number of hydrogen-bond acceptors (Lipinski definition) is 3. The van der Waals surface area contributed by atoms with Crippen molar-refractivity contribution in [2.24, 2.45) is 7.05 Å². The van der Waals surface area contributed by atoms with Crippen LogP contribution in [0.1, 0.15) is 18.3 Å². The van der Waals surface area contributed by atoms with Gasteiger partial charge >= 0.3 is 0 Å². The van der Waals surface area contributed by atoms with E-state index in [2.05, 4.69) is 35.6 Å². The minimum absolute atomic E-state index is 0.127. The Labute approximate surface area is 146 Å². The van der Waals surface area contributed by atoms with Crippen LogP contribution in [-0.4, -0.2) is 27.1 Å². The van der Waals surface area contributed by atoms with Crippen molar-refractivity contribution >= 4 is 22.6 Å². The Morgan fingerprint density at radius 2 is 2.08 bits per heavy atom. The Balaban J connectivity index is 1.64. The highest BCUT2D eigenvalue weighted by atomic mass is 35.5. The maximum Gasteiger partial charge on any atom is 0.124 e. The molecule has 2 aromatic carbocycles. The van der Waals surface area contributed by atoms with Gasteiger partial charge in [0.2, 0.25) is 0 Å². The van der Waals surface area contributed by atoms with Crippen molar-refractivity contribution in [3.8, 4) is 5.75 Å². The van der Waals surface area contributed by atoms with E-state index in [1.165, 1.54) is 0 Å². The number of para-hydroxylation sites is 2. The van der Waals surface area contributed by atoms with Crippen LogP contribution in [0, 0.1) is 0 Å². The zero-order valence-corrected chi connectivity index (χ0v) is 14.6. The molecule has 4 nitrogen and oxygen atoms in total. The number of hydrogen-bond donors (Lipinski definition) is 0. The van der Waals surface area contributed by atoms with E-state index in [9.17, 15) is 0 Å². The minimum atomic E-state index is 0.127. The zero-order chi connectivity index (χ0) is 16.7. The molecule has 0 bridgehead atoms. The molecule has 2 heterocycles. The molecule has 1 atom stereocenters. The van der Waals surface area contributed by atoms with Gasteiger partial charge in [-0.05, 0) is 37.3 Å². The topological polar surface area (TPSA) is 30.3 Å².